The number of allylic oxidation sites excluding steroid dienone is 1. The molecule has 7 heteroatoms. The smallest absolute Gasteiger partial charge is 0.337 e. The number of esters is 1. The van der Waals surface area contributed by atoms with E-state index in [9.17, 15) is 9.59 Å². The Bertz CT molecular complexity index is 713. The summed E-state index contributed by atoms with van der Waals surface area (Å²) in [6, 6.07) is 4.35. The molecule has 5 nitrogen and oxygen atoms in total. The summed E-state index contributed by atoms with van der Waals surface area (Å²) in [5, 5.41) is 3.53. The number of methoxy groups -OCH3 is 1. The van der Waals surface area contributed by atoms with E-state index in [0.29, 0.717) is 26.9 Å². The third-order valence-electron chi connectivity index (χ3n) is 4.14. The predicted octanol–water partition coefficient (Wildman–Crippen LogP) is 3.67. The van der Waals surface area contributed by atoms with Crippen molar-refractivity contribution >= 4 is 35.2 Å². The minimum atomic E-state index is -0.684. The molecular formula is C16H16Cl2N2O3. The number of rotatable bonds is 3. The van der Waals surface area contributed by atoms with E-state index >= 15 is 0 Å². The van der Waals surface area contributed by atoms with E-state index in [4.69, 9.17) is 27.9 Å². The van der Waals surface area contributed by atoms with E-state index in [0.717, 1.165) is 12.8 Å². The average Bonchev–Trinajstić information content (AvgIpc) is 3.33. The number of hydrogen-bond donors (Lipinski definition) is 1. The largest absolute Gasteiger partial charge is 0.466 e. The van der Waals surface area contributed by atoms with Gasteiger partial charge in [-0.15, -0.1) is 0 Å². The summed E-state index contributed by atoms with van der Waals surface area (Å²) in [5.41, 5.74) is 1.55. The molecular weight excluding hydrogens is 339 g/mol. The van der Waals surface area contributed by atoms with Gasteiger partial charge in [0.1, 0.15) is 0 Å². The topological polar surface area (TPSA) is 58.6 Å². The second-order valence-electron chi connectivity index (χ2n) is 5.62. The molecule has 1 fully saturated rings. The Hall–Kier alpha value is -1.72. The number of hydrogen-bond acceptors (Lipinski definition) is 3. The summed E-state index contributed by atoms with van der Waals surface area (Å²) < 4.78 is 4.91. The Morgan fingerprint density at radius 1 is 1.35 bits per heavy atom. The maximum Gasteiger partial charge on any atom is 0.337 e. The van der Waals surface area contributed by atoms with Gasteiger partial charge in [0.05, 0.1) is 28.8 Å². The lowest BCUT2D eigenvalue weighted by molar-refractivity contribution is -0.136. The molecule has 2 aliphatic rings. The van der Waals surface area contributed by atoms with Gasteiger partial charge in [-0.25, -0.2) is 9.59 Å². The molecule has 1 atom stereocenters. The SMILES string of the molecule is COC(=O)C1=C(C)N(C2CC2)C(=O)N[C@H]1c1cccc(Cl)c1Cl. The molecule has 0 unspecified atom stereocenters. The van der Waals surface area contributed by atoms with E-state index < -0.39 is 12.0 Å². The van der Waals surface area contributed by atoms with Crippen LogP contribution in [0.1, 0.15) is 31.4 Å². The van der Waals surface area contributed by atoms with Crippen LogP contribution in [0.25, 0.3) is 0 Å². The van der Waals surface area contributed by atoms with E-state index in [1.54, 1.807) is 30.0 Å². The molecule has 1 saturated carbocycles. The molecule has 3 rings (SSSR count). The maximum atomic E-state index is 12.5. The van der Waals surface area contributed by atoms with E-state index in [1.165, 1.54) is 7.11 Å². The Morgan fingerprint density at radius 3 is 2.65 bits per heavy atom. The first-order chi connectivity index (χ1) is 11.0. The zero-order chi connectivity index (χ0) is 16.7. The van der Waals surface area contributed by atoms with Crippen LogP contribution in [0.3, 0.4) is 0 Å². The third kappa shape index (κ3) is 2.79. The molecule has 0 spiro atoms. The van der Waals surface area contributed by atoms with Crippen molar-refractivity contribution in [2.45, 2.75) is 31.8 Å². The molecule has 1 aromatic rings. The van der Waals surface area contributed by atoms with E-state index in [-0.39, 0.29) is 12.1 Å². The van der Waals surface area contributed by atoms with Gasteiger partial charge in [-0.2, -0.15) is 0 Å². The summed E-state index contributed by atoms with van der Waals surface area (Å²) in [7, 11) is 1.32. The van der Waals surface area contributed by atoms with Gasteiger partial charge in [-0.3, -0.25) is 4.90 Å². The van der Waals surface area contributed by atoms with Gasteiger partial charge in [-0.05, 0) is 31.4 Å². The average molecular weight is 355 g/mol. The maximum absolute atomic E-state index is 12.5. The highest BCUT2D eigenvalue weighted by Gasteiger charge is 2.42. The molecule has 122 valence electrons. The number of urea groups is 1. The van der Waals surface area contributed by atoms with Crippen LogP contribution in [0.5, 0.6) is 0 Å². The van der Waals surface area contributed by atoms with Crippen molar-refractivity contribution in [1.29, 1.82) is 0 Å². The lowest BCUT2D eigenvalue weighted by Gasteiger charge is -2.35. The van der Waals surface area contributed by atoms with Crippen molar-refractivity contribution in [3.05, 3.63) is 45.1 Å². The highest BCUT2D eigenvalue weighted by molar-refractivity contribution is 6.42. The minimum absolute atomic E-state index is 0.144. The summed E-state index contributed by atoms with van der Waals surface area (Å²) in [4.78, 5) is 26.4. The van der Waals surface area contributed by atoms with Gasteiger partial charge in [0.2, 0.25) is 0 Å². The van der Waals surface area contributed by atoms with E-state index in [2.05, 4.69) is 5.32 Å². The van der Waals surface area contributed by atoms with Gasteiger partial charge >= 0.3 is 12.0 Å². The monoisotopic (exact) mass is 354 g/mol. The minimum Gasteiger partial charge on any atom is -0.466 e. The lowest BCUT2D eigenvalue weighted by atomic mass is 9.94. The fourth-order valence-corrected chi connectivity index (χ4v) is 3.30. The number of halogens is 2. The molecule has 23 heavy (non-hydrogen) atoms. The van der Waals surface area contributed by atoms with Crippen LogP contribution in [0.15, 0.2) is 29.5 Å². The van der Waals surface area contributed by atoms with Gasteiger partial charge < -0.3 is 10.1 Å². The van der Waals surface area contributed by atoms with Crippen molar-refractivity contribution < 1.29 is 14.3 Å². The number of nitrogens with zero attached hydrogens (tertiary/aromatic N) is 1. The molecule has 1 aliphatic heterocycles. The first-order valence-electron chi connectivity index (χ1n) is 7.28. The summed E-state index contributed by atoms with van der Waals surface area (Å²) in [6.07, 6.45) is 1.86. The second kappa shape index (κ2) is 6.06. The van der Waals surface area contributed by atoms with Crippen molar-refractivity contribution in [2.75, 3.05) is 7.11 Å². The molecule has 0 saturated heterocycles. The van der Waals surface area contributed by atoms with Crippen LogP contribution in [0, 0.1) is 0 Å². The van der Waals surface area contributed by atoms with Crippen LogP contribution in [-0.2, 0) is 9.53 Å². The predicted molar refractivity (Wildman–Crippen MR) is 87.3 cm³/mol. The van der Waals surface area contributed by atoms with Gasteiger partial charge in [0.15, 0.2) is 0 Å². The Kier molecular flexibility index (Phi) is 4.25. The van der Waals surface area contributed by atoms with Crippen LogP contribution < -0.4 is 5.32 Å². The molecule has 1 aromatic carbocycles. The Morgan fingerprint density at radius 2 is 2.04 bits per heavy atom. The first-order valence-corrected chi connectivity index (χ1v) is 8.04. The van der Waals surface area contributed by atoms with Crippen molar-refractivity contribution in [1.82, 2.24) is 10.2 Å². The van der Waals surface area contributed by atoms with Crippen molar-refractivity contribution in [3.63, 3.8) is 0 Å². The summed E-state index contributed by atoms with van der Waals surface area (Å²) in [6.45, 7) is 1.76. The quantitative estimate of drug-likeness (QED) is 0.842. The number of nitrogens with one attached hydrogen (secondary N) is 1. The highest BCUT2D eigenvalue weighted by atomic mass is 35.5. The highest BCUT2D eigenvalue weighted by Crippen LogP contribution is 2.40. The van der Waals surface area contributed by atoms with Crippen molar-refractivity contribution in [3.8, 4) is 0 Å². The normalized spacial score (nSPS) is 21.3. The van der Waals surface area contributed by atoms with Gasteiger partial charge in [-0.1, -0.05) is 35.3 Å². The van der Waals surface area contributed by atoms with Crippen LogP contribution in [0.4, 0.5) is 4.79 Å². The second-order valence-corrected chi connectivity index (χ2v) is 6.40. The number of benzene rings is 1. The standard InChI is InChI=1S/C16H16Cl2N2O3/c1-8-12(15(21)23-2)14(10-4-3-5-11(17)13(10)18)19-16(22)20(8)9-6-7-9/h3-5,9,14H,6-7H2,1-2H3,(H,19,22)/t14-/m0/s1. The number of ether oxygens (including phenoxy) is 1. The number of carbonyl (C=O) groups is 2. The zero-order valence-electron chi connectivity index (χ0n) is 12.7. The zero-order valence-corrected chi connectivity index (χ0v) is 14.2. The van der Waals surface area contributed by atoms with Crippen LogP contribution in [-0.4, -0.2) is 30.1 Å². The number of amides is 2. The molecule has 0 radical (unpaired) electrons. The molecule has 2 amide bonds. The fraction of sp³-hybridized carbons (Fsp3) is 0.375. The summed E-state index contributed by atoms with van der Waals surface area (Å²) >= 11 is 12.3. The summed E-state index contributed by atoms with van der Waals surface area (Å²) in [5.74, 6) is -0.491. The molecule has 0 aromatic heterocycles. The lowest BCUT2D eigenvalue weighted by Crippen LogP contribution is -2.48. The molecule has 0 bridgehead atoms. The Balaban J connectivity index is 2.13. The Labute approximate surface area is 144 Å². The van der Waals surface area contributed by atoms with Gasteiger partial charge in [0, 0.05) is 11.7 Å². The fourth-order valence-electron chi connectivity index (χ4n) is 2.88. The molecule has 1 N–H and O–H groups in total. The molecule has 1 aliphatic carbocycles. The third-order valence-corrected chi connectivity index (χ3v) is 4.97. The van der Waals surface area contributed by atoms with Gasteiger partial charge in [0.25, 0.3) is 0 Å². The van der Waals surface area contributed by atoms with Crippen LogP contribution >= 0.6 is 23.2 Å². The van der Waals surface area contributed by atoms with E-state index in [1.807, 2.05) is 0 Å². The molecule has 1 heterocycles. The van der Waals surface area contributed by atoms with Crippen molar-refractivity contribution in [2.24, 2.45) is 0 Å². The first kappa shape index (κ1) is 16.1. The number of carbonyl (C=O) groups excluding carboxylic acids is 2. The van der Waals surface area contributed by atoms with Crippen LogP contribution in [0.2, 0.25) is 10.0 Å².